The molecule has 1 aromatic heterocycles. The van der Waals surface area contributed by atoms with Crippen LogP contribution in [0.25, 0.3) is 11.4 Å². The first kappa shape index (κ1) is 16.7. The standard InChI is InChI=1S/C14H14Cl2IN3O/c1-3-18-14-12(17)11(7-21-2)19-13(20-14)9-5-4-8(15)6-10(9)16/h4-6H,3,7H2,1-2H3,(H,18,19,20). The van der Waals surface area contributed by atoms with E-state index >= 15 is 0 Å². The van der Waals surface area contributed by atoms with Crippen LogP contribution in [-0.4, -0.2) is 23.6 Å². The number of anilines is 1. The molecule has 4 nitrogen and oxygen atoms in total. The molecule has 0 saturated heterocycles. The van der Waals surface area contributed by atoms with Gasteiger partial charge in [0.25, 0.3) is 0 Å². The van der Waals surface area contributed by atoms with E-state index in [0.29, 0.717) is 22.5 Å². The summed E-state index contributed by atoms with van der Waals surface area (Å²) < 4.78 is 6.15. The average Bonchev–Trinajstić information content (AvgIpc) is 2.43. The summed E-state index contributed by atoms with van der Waals surface area (Å²) in [6.45, 7) is 3.20. The van der Waals surface area contributed by atoms with Crippen LogP contribution in [0.5, 0.6) is 0 Å². The van der Waals surface area contributed by atoms with Crippen LogP contribution in [0.2, 0.25) is 10.0 Å². The van der Waals surface area contributed by atoms with Crippen molar-refractivity contribution in [3.63, 3.8) is 0 Å². The van der Waals surface area contributed by atoms with E-state index in [-0.39, 0.29) is 0 Å². The van der Waals surface area contributed by atoms with Crippen molar-refractivity contribution in [2.45, 2.75) is 13.5 Å². The Kier molecular flexibility index (Phi) is 6.04. The van der Waals surface area contributed by atoms with Crippen LogP contribution in [0.4, 0.5) is 5.82 Å². The number of halogens is 3. The molecule has 21 heavy (non-hydrogen) atoms. The lowest BCUT2D eigenvalue weighted by Crippen LogP contribution is -2.08. The van der Waals surface area contributed by atoms with Crippen LogP contribution in [0, 0.1) is 3.57 Å². The molecular formula is C14H14Cl2IN3O. The quantitative estimate of drug-likeness (QED) is 0.692. The molecule has 1 heterocycles. The molecule has 7 heteroatoms. The molecule has 1 N–H and O–H groups in total. The Morgan fingerprint density at radius 2 is 2.05 bits per heavy atom. The molecule has 0 spiro atoms. The predicted octanol–water partition coefficient (Wildman–Crippen LogP) is 4.63. The highest BCUT2D eigenvalue weighted by molar-refractivity contribution is 14.1. The lowest BCUT2D eigenvalue weighted by atomic mass is 10.2. The molecule has 2 aromatic rings. The van der Waals surface area contributed by atoms with Crippen molar-refractivity contribution in [1.82, 2.24) is 9.97 Å². The van der Waals surface area contributed by atoms with Gasteiger partial charge in [-0.1, -0.05) is 23.2 Å². The van der Waals surface area contributed by atoms with Crippen LogP contribution >= 0.6 is 45.8 Å². The predicted molar refractivity (Wildman–Crippen MR) is 95.1 cm³/mol. The highest BCUT2D eigenvalue weighted by atomic mass is 127. The maximum atomic E-state index is 6.24. The second kappa shape index (κ2) is 7.58. The first-order valence-corrected chi connectivity index (χ1v) is 8.15. The van der Waals surface area contributed by atoms with E-state index in [1.807, 2.05) is 13.0 Å². The Morgan fingerprint density at radius 1 is 1.29 bits per heavy atom. The minimum absolute atomic E-state index is 0.414. The van der Waals surface area contributed by atoms with Crippen LogP contribution in [0.15, 0.2) is 18.2 Å². The van der Waals surface area contributed by atoms with Gasteiger partial charge in [-0.15, -0.1) is 0 Å². The molecule has 0 unspecified atom stereocenters. The third kappa shape index (κ3) is 3.97. The molecule has 0 aliphatic carbocycles. The number of rotatable bonds is 5. The van der Waals surface area contributed by atoms with Crippen molar-refractivity contribution >= 4 is 51.6 Å². The summed E-state index contributed by atoms with van der Waals surface area (Å²) in [5, 5.41) is 4.34. The van der Waals surface area contributed by atoms with Gasteiger partial charge in [0.2, 0.25) is 0 Å². The fourth-order valence-corrected chi connectivity index (χ4v) is 2.88. The largest absolute Gasteiger partial charge is 0.378 e. The summed E-state index contributed by atoms with van der Waals surface area (Å²) in [5.74, 6) is 1.33. The number of nitrogens with zero attached hydrogens (tertiary/aromatic N) is 2. The summed E-state index contributed by atoms with van der Waals surface area (Å²) in [5.41, 5.74) is 1.57. The molecule has 2 rings (SSSR count). The molecule has 0 aliphatic rings. The van der Waals surface area contributed by atoms with Crippen molar-refractivity contribution in [1.29, 1.82) is 0 Å². The summed E-state index contributed by atoms with van der Waals surface area (Å²) in [4.78, 5) is 9.11. The number of hydrogen-bond acceptors (Lipinski definition) is 4. The lowest BCUT2D eigenvalue weighted by Gasteiger charge is -2.12. The van der Waals surface area contributed by atoms with Gasteiger partial charge in [0.15, 0.2) is 5.82 Å². The third-order valence-corrected chi connectivity index (χ3v) is 4.40. The first-order valence-electron chi connectivity index (χ1n) is 6.31. The van der Waals surface area contributed by atoms with Crippen molar-refractivity contribution in [3.05, 3.63) is 37.5 Å². The Labute approximate surface area is 147 Å². The molecule has 0 bridgehead atoms. The van der Waals surface area contributed by atoms with Gasteiger partial charge in [0.05, 0.1) is 20.9 Å². The zero-order valence-electron chi connectivity index (χ0n) is 11.6. The van der Waals surface area contributed by atoms with Crippen molar-refractivity contribution in [3.8, 4) is 11.4 Å². The molecule has 0 aliphatic heterocycles. The summed E-state index contributed by atoms with van der Waals surface area (Å²) in [6, 6.07) is 5.27. The number of aromatic nitrogens is 2. The Balaban J connectivity index is 2.56. The number of hydrogen-bond donors (Lipinski definition) is 1. The molecule has 0 saturated carbocycles. The Hall–Kier alpha value is -0.630. The van der Waals surface area contributed by atoms with Gasteiger partial charge in [0, 0.05) is 24.2 Å². The molecule has 0 fully saturated rings. The zero-order valence-corrected chi connectivity index (χ0v) is 15.3. The van der Waals surface area contributed by atoms with Gasteiger partial charge in [-0.25, -0.2) is 9.97 Å². The fourth-order valence-electron chi connectivity index (χ4n) is 1.80. The second-order valence-corrected chi connectivity index (χ2v) is 6.17. The topological polar surface area (TPSA) is 47.0 Å². The van der Waals surface area contributed by atoms with Gasteiger partial charge in [0.1, 0.15) is 5.82 Å². The second-order valence-electron chi connectivity index (χ2n) is 4.24. The van der Waals surface area contributed by atoms with Gasteiger partial charge >= 0.3 is 0 Å². The average molecular weight is 438 g/mol. The molecular weight excluding hydrogens is 424 g/mol. The minimum atomic E-state index is 0.414. The Bertz CT molecular complexity index is 625. The smallest absolute Gasteiger partial charge is 0.163 e. The molecule has 1 aromatic carbocycles. The van der Waals surface area contributed by atoms with Gasteiger partial charge < -0.3 is 10.1 Å². The SMILES string of the molecule is CCNc1nc(-c2ccc(Cl)cc2Cl)nc(COC)c1I. The highest BCUT2D eigenvalue weighted by Crippen LogP contribution is 2.30. The van der Waals surface area contributed by atoms with E-state index < -0.39 is 0 Å². The van der Waals surface area contributed by atoms with Crippen LogP contribution in [-0.2, 0) is 11.3 Å². The van der Waals surface area contributed by atoms with Crippen LogP contribution in [0.1, 0.15) is 12.6 Å². The summed E-state index contributed by atoms with van der Waals surface area (Å²) in [7, 11) is 1.64. The first-order chi connectivity index (χ1) is 10.1. The van der Waals surface area contributed by atoms with E-state index in [4.69, 9.17) is 27.9 Å². The molecule has 0 amide bonds. The van der Waals surface area contributed by atoms with Gasteiger partial charge in [-0.05, 0) is 47.7 Å². The third-order valence-electron chi connectivity index (χ3n) is 2.72. The number of ether oxygens (including phenoxy) is 1. The number of nitrogens with one attached hydrogen (secondary N) is 1. The van der Waals surface area contributed by atoms with E-state index in [9.17, 15) is 0 Å². The monoisotopic (exact) mass is 437 g/mol. The van der Waals surface area contributed by atoms with Crippen molar-refractivity contribution < 1.29 is 4.74 Å². The molecule has 0 radical (unpaired) electrons. The van der Waals surface area contributed by atoms with E-state index in [0.717, 1.165) is 27.2 Å². The number of benzene rings is 1. The lowest BCUT2D eigenvalue weighted by molar-refractivity contribution is 0.181. The fraction of sp³-hybridized carbons (Fsp3) is 0.286. The van der Waals surface area contributed by atoms with E-state index in [1.54, 1.807) is 19.2 Å². The van der Waals surface area contributed by atoms with E-state index in [1.165, 1.54) is 0 Å². The minimum Gasteiger partial charge on any atom is -0.378 e. The number of methoxy groups -OCH3 is 1. The molecule has 112 valence electrons. The maximum Gasteiger partial charge on any atom is 0.163 e. The maximum absolute atomic E-state index is 6.24. The molecule has 0 atom stereocenters. The summed E-state index contributed by atoms with van der Waals surface area (Å²) in [6.07, 6.45) is 0. The Morgan fingerprint density at radius 3 is 2.67 bits per heavy atom. The van der Waals surface area contributed by atoms with E-state index in [2.05, 4.69) is 37.9 Å². The zero-order chi connectivity index (χ0) is 15.4. The van der Waals surface area contributed by atoms with Gasteiger partial charge in [-0.2, -0.15) is 0 Å². The van der Waals surface area contributed by atoms with Crippen molar-refractivity contribution in [2.75, 3.05) is 19.0 Å². The van der Waals surface area contributed by atoms with Crippen LogP contribution in [0.3, 0.4) is 0 Å². The van der Waals surface area contributed by atoms with Gasteiger partial charge in [-0.3, -0.25) is 0 Å². The normalized spacial score (nSPS) is 10.7. The summed E-state index contributed by atoms with van der Waals surface area (Å²) >= 11 is 14.4. The van der Waals surface area contributed by atoms with Crippen LogP contribution < -0.4 is 5.32 Å². The van der Waals surface area contributed by atoms with Crippen molar-refractivity contribution in [2.24, 2.45) is 0 Å². The highest BCUT2D eigenvalue weighted by Gasteiger charge is 2.15.